The number of carbonyl (C=O) groups is 2. The second-order valence-electron chi connectivity index (χ2n) is 1.47. The molecule has 0 saturated carbocycles. The Morgan fingerprint density at radius 3 is 2.64 bits per heavy atom. The minimum absolute atomic E-state index is 0.0121. The third-order valence-electron chi connectivity index (χ3n) is 0.739. The summed E-state index contributed by atoms with van der Waals surface area (Å²) >= 11 is 0. The molecule has 0 fully saturated rings. The Bertz CT molecular complexity index is 151. The van der Waals surface area contributed by atoms with Crippen LogP contribution in [-0.4, -0.2) is 31.1 Å². The van der Waals surface area contributed by atoms with Crippen LogP contribution in [-0.2, 0) is 9.53 Å². The molecule has 1 N–H and O–H groups in total. The van der Waals surface area contributed by atoms with E-state index in [-0.39, 0.29) is 11.7 Å². The smallest absolute Gasteiger partial charge is 0.407 e. The molecule has 0 aliphatic heterocycles. The summed E-state index contributed by atoms with van der Waals surface area (Å²) in [5.74, 6) is 0. The summed E-state index contributed by atoms with van der Waals surface area (Å²) in [6.45, 7) is 0.0121. The topological polar surface area (TPSA) is 55.4 Å². The standard InChI is InChI=1S/C5H9NO3S2/c1-9-5(8)6-3-4(7)11-10-2/h3H2,1-2H3,(H,6,8). The minimum atomic E-state index is -0.583. The van der Waals surface area contributed by atoms with E-state index in [1.54, 1.807) is 6.26 Å². The van der Waals surface area contributed by atoms with Crippen LogP contribution in [0.2, 0.25) is 0 Å². The summed E-state index contributed by atoms with van der Waals surface area (Å²) in [6, 6.07) is 0. The molecule has 0 bridgehead atoms. The maximum absolute atomic E-state index is 10.7. The third-order valence-corrected chi connectivity index (χ3v) is 2.29. The molecule has 0 radical (unpaired) electrons. The molecule has 0 aliphatic rings. The maximum atomic E-state index is 10.7. The first kappa shape index (κ1) is 10.6. The molecule has 0 spiro atoms. The number of nitrogens with one attached hydrogen (secondary N) is 1. The number of hydrogen-bond donors (Lipinski definition) is 1. The molecule has 1 amide bonds. The fraction of sp³-hybridized carbons (Fsp3) is 0.600. The minimum Gasteiger partial charge on any atom is -0.453 e. The van der Waals surface area contributed by atoms with Crippen molar-refractivity contribution in [1.82, 2.24) is 5.32 Å². The van der Waals surface area contributed by atoms with Gasteiger partial charge in [0.05, 0.1) is 13.7 Å². The van der Waals surface area contributed by atoms with E-state index in [1.165, 1.54) is 17.9 Å². The molecule has 0 rings (SSSR count). The Morgan fingerprint density at radius 2 is 2.18 bits per heavy atom. The summed E-state index contributed by atoms with van der Waals surface area (Å²) in [7, 11) is 3.69. The quantitative estimate of drug-likeness (QED) is 0.677. The van der Waals surface area contributed by atoms with Crippen LogP contribution in [0.4, 0.5) is 4.79 Å². The number of ether oxygens (including phenoxy) is 1. The maximum Gasteiger partial charge on any atom is 0.407 e. The Labute approximate surface area is 72.8 Å². The largest absolute Gasteiger partial charge is 0.453 e. The van der Waals surface area contributed by atoms with Crippen molar-refractivity contribution in [2.45, 2.75) is 0 Å². The first-order valence-corrected chi connectivity index (χ1v) is 5.31. The molecular formula is C5H9NO3S2. The molecule has 4 nitrogen and oxygen atoms in total. The number of carbonyl (C=O) groups excluding carboxylic acids is 2. The number of amides is 1. The average molecular weight is 195 g/mol. The van der Waals surface area contributed by atoms with Crippen molar-refractivity contribution < 1.29 is 14.3 Å². The van der Waals surface area contributed by atoms with Gasteiger partial charge in [-0.3, -0.25) is 4.79 Å². The lowest BCUT2D eigenvalue weighted by Gasteiger charge is -1.99. The van der Waals surface area contributed by atoms with Gasteiger partial charge in [0.25, 0.3) is 0 Å². The van der Waals surface area contributed by atoms with Crippen molar-refractivity contribution in [2.24, 2.45) is 0 Å². The highest BCUT2D eigenvalue weighted by atomic mass is 33.1. The summed E-state index contributed by atoms with van der Waals surface area (Å²) in [5, 5.41) is 2.18. The van der Waals surface area contributed by atoms with Crippen LogP contribution in [0.3, 0.4) is 0 Å². The van der Waals surface area contributed by atoms with Crippen LogP contribution in [0.15, 0.2) is 0 Å². The van der Waals surface area contributed by atoms with Crippen molar-refractivity contribution in [2.75, 3.05) is 19.9 Å². The van der Waals surface area contributed by atoms with Crippen LogP contribution in [0.25, 0.3) is 0 Å². The van der Waals surface area contributed by atoms with E-state index in [4.69, 9.17) is 0 Å². The lowest BCUT2D eigenvalue weighted by Crippen LogP contribution is -2.27. The van der Waals surface area contributed by atoms with Crippen LogP contribution in [0, 0.1) is 0 Å². The Kier molecular flexibility index (Phi) is 6.15. The first-order chi connectivity index (χ1) is 5.20. The fourth-order valence-electron chi connectivity index (χ4n) is 0.339. The van der Waals surface area contributed by atoms with Gasteiger partial charge in [0.2, 0.25) is 5.12 Å². The second-order valence-corrected chi connectivity index (χ2v) is 3.92. The summed E-state index contributed by atoms with van der Waals surface area (Å²) in [4.78, 5) is 21.2. The average Bonchev–Trinajstić information content (AvgIpc) is 2.01. The molecule has 0 heterocycles. The van der Waals surface area contributed by atoms with Crippen LogP contribution in [0.5, 0.6) is 0 Å². The number of alkyl carbamates (subject to hydrolysis) is 1. The Balaban J connectivity index is 3.38. The van der Waals surface area contributed by atoms with Crippen molar-refractivity contribution in [3.05, 3.63) is 0 Å². The van der Waals surface area contributed by atoms with E-state index in [0.717, 1.165) is 10.8 Å². The monoisotopic (exact) mass is 195 g/mol. The molecule has 0 aromatic rings. The van der Waals surface area contributed by atoms with E-state index in [0.29, 0.717) is 0 Å². The van der Waals surface area contributed by atoms with Gasteiger partial charge in [-0.1, -0.05) is 10.8 Å². The number of hydrogen-bond acceptors (Lipinski definition) is 5. The second kappa shape index (κ2) is 6.36. The molecule has 6 heteroatoms. The lowest BCUT2D eigenvalue weighted by atomic mass is 10.7. The predicted octanol–water partition coefficient (Wildman–Crippen LogP) is 0.880. The third kappa shape index (κ3) is 6.05. The number of rotatable bonds is 3. The van der Waals surface area contributed by atoms with E-state index in [9.17, 15) is 9.59 Å². The highest BCUT2D eigenvalue weighted by Crippen LogP contribution is 2.16. The Hall–Kier alpha value is -0.360. The van der Waals surface area contributed by atoms with Crippen molar-refractivity contribution in [3.63, 3.8) is 0 Å². The summed E-state index contributed by atoms with van der Waals surface area (Å²) in [6.07, 6.45) is 1.21. The normalized spacial score (nSPS) is 8.91. The van der Waals surface area contributed by atoms with E-state index < -0.39 is 6.09 Å². The van der Waals surface area contributed by atoms with Gasteiger partial charge < -0.3 is 10.1 Å². The van der Waals surface area contributed by atoms with Crippen LogP contribution in [0.1, 0.15) is 0 Å². The zero-order valence-electron chi connectivity index (χ0n) is 6.25. The van der Waals surface area contributed by atoms with Gasteiger partial charge in [-0.25, -0.2) is 4.79 Å². The van der Waals surface area contributed by atoms with E-state index >= 15 is 0 Å². The molecule has 64 valence electrons. The molecule has 11 heavy (non-hydrogen) atoms. The van der Waals surface area contributed by atoms with Crippen LogP contribution >= 0.6 is 21.6 Å². The van der Waals surface area contributed by atoms with Gasteiger partial charge in [0, 0.05) is 0 Å². The highest BCUT2D eigenvalue weighted by molar-refractivity contribution is 8.82. The SMILES string of the molecule is COC(=O)NCC(=O)SSC. The van der Waals surface area contributed by atoms with Crippen molar-refractivity contribution in [1.29, 1.82) is 0 Å². The lowest BCUT2D eigenvalue weighted by molar-refractivity contribution is -0.110. The molecule has 0 unspecified atom stereocenters. The fourth-order valence-corrected chi connectivity index (χ4v) is 1.39. The van der Waals surface area contributed by atoms with E-state index in [1.807, 2.05) is 0 Å². The Morgan fingerprint density at radius 1 is 1.55 bits per heavy atom. The molecular weight excluding hydrogens is 186 g/mol. The molecule has 0 atom stereocenters. The van der Waals surface area contributed by atoms with Gasteiger partial charge >= 0.3 is 6.09 Å². The van der Waals surface area contributed by atoms with Gasteiger partial charge in [-0.05, 0) is 17.0 Å². The number of methoxy groups -OCH3 is 1. The van der Waals surface area contributed by atoms with Gasteiger partial charge in [0.15, 0.2) is 0 Å². The molecule has 0 aromatic heterocycles. The predicted molar refractivity (Wildman–Crippen MR) is 46.5 cm³/mol. The van der Waals surface area contributed by atoms with Crippen LogP contribution < -0.4 is 5.32 Å². The first-order valence-electron chi connectivity index (χ1n) is 2.76. The molecule has 0 aliphatic carbocycles. The highest BCUT2D eigenvalue weighted by Gasteiger charge is 2.03. The zero-order chi connectivity index (χ0) is 8.69. The van der Waals surface area contributed by atoms with Crippen molar-refractivity contribution >= 4 is 32.8 Å². The van der Waals surface area contributed by atoms with Gasteiger partial charge in [-0.2, -0.15) is 0 Å². The summed E-state index contributed by atoms with van der Waals surface area (Å²) in [5.41, 5.74) is 0. The molecule has 0 aromatic carbocycles. The van der Waals surface area contributed by atoms with Gasteiger partial charge in [0.1, 0.15) is 0 Å². The summed E-state index contributed by atoms with van der Waals surface area (Å²) < 4.78 is 4.26. The zero-order valence-corrected chi connectivity index (χ0v) is 7.88. The molecule has 0 saturated heterocycles. The van der Waals surface area contributed by atoms with Gasteiger partial charge in [-0.15, -0.1) is 0 Å². The van der Waals surface area contributed by atoms with Crippen molar-refractivity contribution in [3.8, 4) is 0 Å². The van der Waals surface area contributed by atoms with E-state index in [2.05, 4.69) is 10.1 Å².